The van der Waals surface area contributed by atoms with Gasteiger partial charge < -0.3 is 5.32 Å². The van der Waals surface area contributed by atoms with E-state index in [9.17, 15) is 8.78 Å². The van der Waals surface area contributed by atoms with Crippen LogP contribution in [-0.4, -0.2) is 11.5 Å². The summed E-state index contributed by atoms with van der Waals surface area (Å²) in [4.78, 5) is 4.42. The molecule has 0 saturated carbocycles. The molecule has 1 N–H and O–H groups in total. The Hall–Kier alpha value is -1.81. The molecule has 1 heterocycles. The van der Waals surface area contributed by atoms with Gasteiger partial charge in [0.2, 0.25) is 0 Å². The summed E-state index contributed by atoms with van der Waals surface area (Å²) in [5, 5.41) is 3.20. The van der Waals surface area contributed by atoms with Crippen LogP contribution in [0.4, 0.5) is 8.78 Å². The number of hydrogen-bond acceptors (Lipinski definition) is 2. The molecule has 1 atom stereocenters. The van der Waals surface area contributed by atoms with Crippen molar-refractivity contribution in [3.05, 3.63) is 64.5 Å². The third kappa shape index (κ3) is 3.45. The summed E-state index contributed by atoms with van der Waals surface area (Å²) >= 11 is 0. The lowest BCUT2D eigenvalue weighted by atomic mass is 9.99. The number of nitrogens with zero attached hydrogens (tertiary/aromatic N) is 1. The van der Waals surface area contributed by atoms with E-state index in [-0.39, 0.29) is 5.56 Å². The molecule has 21 heavy (non-hydrogen) atoms. The Morgan fingerprint density at radius 1 is 1.14 bits per heavy atom. The smallest absolute Gasteiger partial charge is 0.134 e. The van der Waals surface area contributed by atoms with Crippen LogP contribution in [0.25, 0.3) is 0 Å². The summed E-state index contributed by atoms with van der Waals surface area (Å²) < 4.78 is 28.6. The lowest BCUT2D eigenvalue weighted by Gasteiger charge is -2.21. The predicted molar refractivity (Wildman–Crippen MR) is 80.2 cm³/mol. The Morgan fingerprint density at radius 2 is 1.90 bits per heavy atom. The molecule has 2 aromatic rings. The number of aryl methyl sites for hydroxylation is 2. The molecule has 0 radical (unpaired) electrons. The van der Waals surface area contributed by atoms with Crippen LogP contribution in [0.2, 0.25) is 0 Å². The van der Waals surface area contributed by atoms with Crippen molar-refractivity contribution in [3.8, 4) is 0 Å². The van der Waals surface area contributed by atoms with Crippen molar-refractivity contribution in [2.75, 3.05) is 6.54 Å². The van der Waals surface area contributed by atoms with Gasteiger partial charge in [0.15, 0.2) is 0 Å². The summed E-state index contributed by atoms with van der Waals surface area (Å²) in [6, 6.07) is 7.69. The van der Waals surface area contributed by atoms with E-state index in [1.54, 1.807) is 13.0 Å². The lowest BCUT2D eigenvalue weighted by molar-refractivity contribution is 0.494. The van der Waals surface area contributed by atoms with Crippen LogP contribution >= 0.6 is 0 Å². The van der Waals surface area contributed by atoms with Crippen molar-refractivity contribution in [2.24, 2.45) is 0 Å². The molecular formula is C17H20F2N2. The van der Waals surface area contributed by atoms with Gasteiger partial charge in [0, 0.05) is 11.3 Å². The Kier molecular flexibility index (Phi) is 5.02. The van der Waals surface area contributed by atoms with Crippen molar-refractivity contribution in [1.29, 1.82) is 0 Å². The predicted octanol–water partition coefficient (Wildman–Crippen LogP) is 4.07. The average Bonchev–Trinajstić information content (AvgIpc) is 2.46. The largest absolute Gasteiger partial charge is 0.305 e. The van der Waals surface area contributed by atoms with Crippen LogP contribution in [0.15, 0.2) is 30.3 Å². The molecule has 0 bridgehead atoms. The van der Waals surface area contributed by atoms with Gasteiger partial charge in [0.05, 0.1) is 11.7 Å². The third-order valence-electron chi connectivity index (χ3n) is 3.41. The molecule has 4 heteroatoms. The van der Waals surface area contributed by atoms with E-state index in [1.807, 2.05) is 26.0 Å². The summed E-state index contributed by atoms with van der Waals surface area (Å²) in [5.41, 5.74) is 1.93. The van der Waals surface area contributed by atoms with E-state index in [1.165, 1.54) is 12.1 Å². The molecule has 0 amide bonds. The Bertz CT molecular complexity index is 626. The molecule has 2 rings (SSSR count). The van der Waals surface area contributed by atoms with Gasteiger partial charge in [0.25, 0.3) is 0 Å². The highest BCUT2D eigenvalue weighted by Gasteiger charge is 2.23. The summed E-state index contributed by atoms with van der Waals surface area (Å²) in [7, 11) is 0. The second-order valence-electron chi connectivity index (χ2n) is 5.18. The molecule has 0 fully saturated rings. The van der Waals surface area contributed by atoms with Crippen LogP contribution < -0.4 is 5.32 Å². The highest BCUT2D eigenvalue weighted by Crippen LogP contribution is 2.27. The first-order chi connectivity index (χ1) is 10.0. The Labute approximate surface area is 124 Å². The van der Waals surface area contributed by atoms with Gasteiger partial charge in [-0.3, -0.25) is 4.98 Å². The summed E-state index contributed by atoms with van der Waals surface area (Å²) in [5.74, 6) is -1.05. The number of nitrogens with one attached hydrogen (secondary N) is 1. The highest BCUT2D eigenvalue weighted by molar-refractivity contribution is 5.34. The summed E-state index contributed by atoms with van der Waals surface area (Å²) in [6.07, 6.45) is 0.872. The molecule has 2 nitrogen and oxygen atoms in total. The minimum atomic E-state index is -0.579. The number of hydrogen-bond donors (Lipinski definition) is 1. The molecule has 112 valence electrons. The molecule has 0 saturated heterocycles. The molecule has 0 spiro atoms. The van der Waals surface area contributed by atoms with Crippen molar-refractivity contribution < 1.29 is 8.78 Å². The number of benzene rings is 1. The fourth-order valence-electron chi connectivity index (χ4n) is 2.31. The van der Waals surface area contributed by atoms with Gasteiger partial charge in [-0.1, -0.05) is 19.1 Å². The first-order valence-corrected chi connectivity index (χ1v) is 7.16. The molecule has 1 aromatic carbocycles. The normalized spacial score (nSPS) is 12.4. The van der Waals surface area contributed by atoms with E-state index in [2.05, 4.69) is 10.3 Å². The first kappa shape index (κ1) is 15.6. The second-order valence-corrected chi connectivity index (χ2v) is 5.18. The van der Waals surface area contributed by atoms with Crippen molar-refractivity contribution in [1.82, 2.24) is 10.3 Å². The number of rotatable bonds is 5. The zero-order chi connectivity index (χ0) is 15.4. The Morgan fingerprint density at radius 3 is 2.57 bits per heavy atom. The maximum Gasteiger partial charge on any atom is 0.134 e. The minimum absolute atomic E-state index is 0.0431. The van der Waals surface area contributed by atoms with Crippen molar-refractivity contribution in [3.63, 3.8) is 0 Å². The van der Waals surface area contributed by atoms with Crippen LogP contribution in [0.3, 0.4) is 0 Å². The van der Waals surface area contributed by atoms with Crippen LogP contribution in [0, 0.1) is 25.5 Å². The quantitative estimate of drug-likeness (QED) is 0.898. The zero-order valence-corrected chi connectivity index (χ0v) is 12.6. The minimum Gasteiger partial charge on any atom is -0.305 e. The van der Waals surface area contributed by atoms with Crippen LogP contribution in [0.5, 0.6) is 0 Å². The van der Waals surface area contributed by atoms with Crippen molar-refractivity contribution >= 4 is 0 Å². The van der Waals surface area contributed by atoms with Gasteiger partial charge in [-0.15, -0.1) is 0 Å². The maximum atomic E-state index is 14.4. The number of aromatic nitrogens is 1. The van der Waals surface area contributed by atoms with E-state index in [0.29, 0.717) is 17.8 Å². The SMILES string of the molecule is CCCNC(c1cccc(C)n1)c1c(F)ccc(C)c1F. The topological polar surface area (TPSA) is 24.9 Å². The number of pyridine rings is 1. The first-order valence-electron chi connectivity index (χ1n) is 7.16. The molecule has 0 aliphatic carbocycles. The molecule has 0 aliphatic heterocycles. The highest BCUT2D eigenvalue weighted by atomic mass is 19.1. The monoisotopic (exact) mass is 290 g/mol. The fraction of sp³-hybridized carbons (Fsp3) is 0.353. The van der Waals surface area contributed by atoms with Gasteiger partial charge >= 0.3 is 0 Å². The van der Waals surface area contributed by atoms with Crippen LogP contribution in [-0.2, 0) is 0 Å². The van der Waals surface area contributed by atoms with Gasteiger partial charge in [-0.2, -0.15) is 0 Å². The van der Waals surface area contributed by atoms with E-state index in [4.69, 9.17) is 0 Å². The third-order valence-corrected chi connectivity index (χ3v) is 3.41. The second kappa shape index (κ2) is 6.76. The van der Waals surface area contributed by atoms with Crippen molar-refractivity contribution in [2.45, 2.75) is 33.2 Å². The van der Waals surface area contributed by atoms with Gasteiger partial charge in [-0.05, 0) is 50.6 Å². The zero-order valence-electron chi connectivity index (χ0n) is 12.6. The lowest BCUT2D eigenvalue weighted by Crippen LogP contribution is -2.26. The van der Waals surface area contributed by atoms with Gasteiger partial charge in [0.1, 0.15) is 11.6 Å². The molecule has 1 aromatic heterocycles. The van der Waals surface area contributed by atoms with Crippen LogP contribution in [0.1, 0.15) is 41.9 Å². The van der Waals surface area contributed by atoms with E-state index in [0.717, 1.165) is 12.1 Å². The molecule has 1 unspecified atom stereocenters. The van der Waals surface area contributed by atoms with Gasteiger partial charge in [-0.25, -0.2) is 8.78 Å². The standard InChI is InChI=1S/C17H20F2N2/c1-4-10-20-17(14-7-5-6-12(3)21-14)15-13(18)9-8-11(2)16(15)19/h5-9,17,20H,4,10H2,1-3H3. The fourth-order valence-corrected chi connectivity index (χ4v) is 2.31. The van der Waals surface area contributed by atoms with E-state index < -0.39 is 17.7 Å². The van der Waals surface area contributed by atoms with E-state index >= 15 is 0 Å². The maximum absolute atomic E-state index is 14.4. The number of halogens is 2. The summed E-state index contributed by atoms with van der Waals surface area (Å²) in [6.45, 7) is 6.17. The molecular weight excluding hydrogens is 270 g/mol. The average molecular weight is 290 g/mol. The Balaban J connectivity index is 2.53. The molecule has 0 aliphatic rings.